The monoisotopic (exact) mass is 373 g/mol. The molecule has 1 fully saturated rings. The average Bonchev–Trinajstić information content (AvgIpc) is 2.45. The van der Waals surface area contributed by atoms with Crippen LogP contribution in [0.1, 0.15) is 19.8 Å². The quantitative estimate of drug-likeness (QED) is 0.880. The molecule has 0 radical (unpaired) electrons. The first-order valence-electron chi connectivity index (χ1n) is 6.98. The Morgan fingerprint density at radius 3 is 2.86 bits per heavy atom. The van der Waals surface area contributed by atoms with Gasteiger partial charge in [0.25, 0.3) is 5.91 Å². The molecule has 1 aromatic rings. The van der Waals surface area contributed by atoms with Crippen LogP contribution < -0.4 is 4.74 Å². The standard InChI is InChI=1S/C15H17BrFNO4/c1-9-4-5-18(12(6-9)15(20)21)14(19)8-22-13-3-2-10(17)7-11(13)16/h2-3,7,9,12H,4-6,8H2,1H3,(H,20,21). The van der Waals surface area contributed by atoms with Gasteiger partial charge in [0.05, 0.1) is 4.47 Å². The Bertz CT molecular complexity index is 581. The van der Waals surface area contributed by atoms with E-state index in [2.05, 4.69) is 15.9 Å². The first kappa shape index (κ1) is 16.7. The number of nitrogens with zero attached hydrogens (tertiary/aromatic N) is 1. The molecular weight excluding hydrogens is 357 g/mol. The fraction of sp³-hybridized carbons (Fsp3) is 0.467. The zero-order chi connectivity index (χ0) is 16.3. The van der Waals surface area contributed by atoms with Gasteiger partial charge in [0.1, 0.15) is 17.6 Å². The van der Waals surface area contributed by atoms with E-state index in [9.17, 15) is 19.1 Å². The van der Waals surface area contributed by atoms with Gasteiger partial charge in [-0.15, -0.1) is 0 Å². The van der Waals surface area contributed by atoms with E-state index >= 15 is 0 Å². The molecule has 0 aliphatic carbocycles. The van der Waals surface area contributed by atoms with Crippen LogP contribution in [0, 0.1) is 11.7 Å². The van der Waals surface area contributed by atoms with E-state index in [0.717, 1.165) is 6.42 Å². The topological polar surface area (TPSA) is 66.8 Å². The summed E-state index contributed by atoms with van der Waals surface area (Å²) in [6, 6.07) is 3.08. The lowest BCUT2D eigenvalue weighted by atomic mass is 9.92. The number of hydrogen-bond donors (Lipinski definition) is 1. The number of ether oxygens (including phenoxy) is 1. The van der Waals surface area contributed by atoms with Crippen LogP contribution in [-0.2, 0) is 9.59 Å². The summed E-state index contributed by atoms with van der Waals surface area (Å²) >= 11 is 3.15. The maximum atomic E-state index is 13.0. The number of hydrogen-bond acceptors (Lipinski definition) is 3. The average molecular weight is 374 g/mol. The second kappa shape index (κ2) is 7.09. The van der Waals surface area contributed by atoms with Crippen LogP contribution >= 0.6 is 15.9 Å². The second-order valence-electron chi connectivity index (χ2n) is 5.43. The molecule has 7 heteroatoms. The Morgan fingerprint density at radius 1 is 1.50 bits per heavy atom. The summed E-state index contributed by atoms with van der Waals surface area (Å²) in [4.78, 5) is 24.9. The molecule has 1 amide bonds. The fourth-order valence-electron chi connectivity index (χ4n) is 2.49. The Balaban J connectivity index is 2.00. The van der Waals surface area contributed by atoms with Crippen molar-refractivity contribution in [3.05, 3.63) is 28.5 Å². The lowest BCUT2D eigenvalue weighted by molar-refractivity contribution is -0.153. The number of carboxylic acid groups (broad SMARTS) is 1. The van der Waals surface area contributed by atoms with Crippen molar-refractivity contribution in [1.82, 2.24) is 4.90 Å². The Labute approximate surface area is 136 Å². The molecular formula is C15H17BrFNO4. The number of aliphatic carboxylic acids is 1. The maximum absolute atomic E-state index is 13.0. The number of carboxylic acids is 1. The highest BCUT2D eigenvalue weighted by Crippen LogP contribution is 2.26. The number of halogens is 2. The number of likely N-dealkylation sites (tertiary alicyclic amines) is 1. The van der Waals surface area contributed by atoms with Crippen molar-refractivity contribution in [2.24, 2.45) is 5.92 Å². The summed E-state index contributed by atoms with van der Waals surface area (Å²) < 4.78 is 18.8. The highest BCUT2D eigenvalue weighted by atomic mass is 79.9. The van der Waals surface area contributed by atoms with Gasteiger partial charge in [0.15, 0.2) is 6.61 Å². The normalized spacial score (nSPS) is 21.5. The van der Waals surface area contributed by atoms with Gasteiger partial charge in [0.2, 0.25) is 0 Å². The molecule has 22 heavy (non-hydrogen) atoms. The van der Waals surface area contributed by atoms with E-state index in [-0.39, 0.29) is 18.4 Å². The van der Waals surface area contributed by atoms with E-state index in [4.69, 9.17) is 4.74 Å². The third-order valence-electron chi connectivity index (χ3n) is 3.72. The summed E-state index contributed by atoms with van der Waals surface area (Å²) in [5.74, 6) is -1.18. The first-order valence-corrected chi connectivity index (χ1v) is 7.78. The minimum absolute atomic E-state index is 0.275. The van der Waals surface area contributed by atoms with Gasteiger partial charge in [-0.05, 0) is 52.9 Å². The third kappa shape index (κ3) is 3.97. The van der Waals surface area contributed by atoms with Crippen molar-refractivity contribution in [1.29, 1.82) is 0 Å². The van der Waals surface area contributed by atoms with Gasteiger partial charge in [-0.2, -0.15) is 0 Å². The van der Waals surface area contributed by atoms with Crippen molar-refractivity contribution >= 4 is 27.8 Å². The van der Waals surface area contributed by atoms with Crippen LogP contribution in [0.25, 0.3) is 0 Å². The van der Waals surface area contributed by atoms with Gasteiger partial charge in [-0.3, -0.25) is 4.79 Å². The van der Waals surface area contributed by atoms with Gasteiger partial charge in [-0.1, -0.05) is 6.92 Å². The lowest BCUT2D eigenvalue weighted by Gasteiger charge is -2.35. The minimum Gasteiger partial charge on any atom is -0.483 e. The highest BCUT2D eigenvalue weighted by molar-refractivity contribution is 9.10. The van der Waals surface area contributed by atoms with Gasteiger partial charge in [0, 0.05) is 6.54 Å². The van der Waals surface area contributed by atoms with Crippen LogP contribution in [0.15, 0.2) is 22.7 Å². The lowest BCUT2D eigenvalue weighted by Crippen LogP contribution is -2.51. The maximum Gasteiger partial charge on any atom is 0.326 e. The molecule has 1 aliphatic rings. The van der Waals surface area contributed by atoms with Crippen molar-refractivity contribution in [2.75, 3.05) is 13.2 Å². The molecule has 0 bridgehead atoms. The molecule has 2 rings (SSSR count). The van der Waals surface area contributed by atoms with Gasteiger partial charge in [-0.25, -0.2) is 9.18 Å². The molecule has 1 aliphatic heterocycles. The largest absolute Gasteiger partial charge is 0.483 e. The molecule has 0 spiro atoms. The second-order valence-corrected chi connectivity index (χ2v) is 6.29. The number of carbonyl (C=O) groups is 2. The first-order chi connectivity index (χ1) is 10.4. The molecule has 1 aromatic carbocycles. The molecule has 1 saturated heterocycles. The zero-order valence-electron chi connectivity index (χ0n) is 12.1. The van der Waals surface area contributed by atoms with Crippen molar-refractivity contribution in [3.63, 3.8) is 0 Å². The van der Waals surface area contributed by atoms with Gasteiger partial charge >= 0.3 is 5.97 Å². The molecule has 1 heterocycles. The number of rotatable bonds is 4. The van der Waals surface area contributed by atoms with Crippen LogP contribution in [0.3, 0.4) is 0 Å². The van der Waals surface area contributed by atoms with E-state index in [1.54, 1.807) is 0 Å². The molecule has 0 saturated carbocycles. The van der Waals surface area contributed by atoms with Crippen molar-refractivity contribution in [2.45, 2.75) is 25.8 Å². The van der Waals surface area contributed by atoms with Crippen molar-refractivity contribution in [3.8, 4) is 5.75 Å². The zero-order valence-corrected chi connectivity index (χ0v) is 13.7. The summed E-state index contributed by atoms with van der Waals surface area (Å²) in [7, 11) is 0. The number of amides is 1. The van der Waals surface area contributed by atoms with E-state index in [1.807, 2.05) is 6.92 Å². The predicted octanol–water partition coefficient (Wildman–Crippen LogP) is 2.68. The highest BCUT2D eigenvalue weighted by Gasteiger charge is 2.34. The summed E-state index contributed by atoms with van der Waals surface area (Å²) in [6.07, 6.45) is 1.22. The Kier molecular flexibility index (Phi) is 5.39. The Morgan fingerprint density at radius 2 is 2.23 bits per heavy atom. The van der Waals surface area contributed by atoms with E-state index < -0.39 is 17.8 Å². The number of piperidine rings is 1. The smallest absolute Gasteiger partial charge is 0.326 e. The van der Waals surface area contributed by atoms with E-state index in [1.165, 1.54) is 23.1 Å². The third-order valence-corrected chi connectivity index (χ3v) is 4.33. The summed E-state index contributed by atoms with van der Waals surface area (Å²) in [5, 5.41) is 9.25. The Hall–Kier alpha value is -1.63. The predicted molar refractivity (Wildman–Crippen MR) is 81.1 cm³/mol. The fourth-order valence-corrected chi connectivity index (χ4v) is 2.95. The molecule has 2 atom stereocenters. The number of benzene rings is 1. The van der Waals surface area contributed by atoms with E-state index in [0.29, 0.717) is 23.2 Å². The minimum atomic E-state index is -0.997. The van der Waals surface area contributed by atoms with Crippen molar-refractivity contribution < 1.29 is 23.8 Å². The van der Waals surface area contributed by atoms with Crippen LogP contribution in [-0.4, -0.2) is 41.1 Å². The molecule has 0 aromatic heterocycles. The SMILES string of the molecule is CC1CCN(C(=O)COc2ccc(F)cc2Br)C(C(=O)O)C1. The summed E-state index contributed by atoms with van der Waals surface area (Å²) in [6.45, 7) is 2.11. The molecule has 5 nitrogen and oxygen atoms in total. The number of carbonyl (C=O) groups excluding carboxylic acids is 1. The molecule has 1 N–H and O–H groups in total. The molecule has 120 valence electrons. The van der Waals surface area contributed by atoms with Crippen LogP contribution in [0.2, 0.25) is 0 Å². The van der Waals surface area contributed by atoms with Gasteiger partial charge < -0.3 is 14.7 Å². The molecule has 2 unspecified atom stereocenters. The van der Waals surface area contributed by atoms with Crippen LogP contribution in [0.5, 0.6) is 5.75 Å². The summed E-state index contributed by atoms with van der Waals surface area (Å²) in [5.41, 5.74) is 0. The van der Waals surface area contributed by atoms with Crippen LogP contribution in [0.4, 0.5) is 4.39 Å².